The molecule has 1 aromatic carbocycles. The van der Waals surface area contributed by atoms with Crippen LogP contribution in [-0.2, 0) is 9.53 Å². The number of anilines is 1. The molecule has 3 aliphatic rings. The molecule has 0 aliphatic carbocycles. The van der Waals surface area contributed by atoms with Gasteiger partial charge in [-0.3, -0.25) is 14.6 Å². The van der Waals surface area contributed by atoms with E-state index in [1.807, 2.05) is 12.1 Å². The lowest BCUT2D eigenvalue weighted by Crippen LogP contribution is -2.63. The fourth-order valence-electron chi connectivity index (χ4n) is 4.62. The molecular weight excluding hydrogens is 443 g/mol. The minimum Gasteiger partial charge on any atom is -0.465 e. The fraction of sp³-hybridized carbons (Fsp3) is 0.619. The maximum atomic E-state index is 13.3. The van der Waals surface area contributed by atoms with Gasteiger partial charge in [-0.1, -0.05) is 23.2 Å². The summed E-state index contributed by atoms with van der Waals surface area (Å²) in [4.78, 5) is 32.6. The summed E-state index contributed by atoms with van der Waals surface area (Å²) < 4.78 is 5.46. The van der Waals surface area contributed by atoms with Gasteiger partial charge >= 0.3 is 6.09 Å². The monoisotopic (exact) mass is 470 g/mol. The Kier molecular flexibility index (Phi) is 7.11. The van der Waals surface area contributed by atoms with E-state index in [4.69, 9.17) is 27.9 Å². The summed E-state index contributed by atoms with van der Waals surface area (Å²) >= 11 is 12.1. The van der Waals surface area contributed by atoms with E-state index in [0.717, 1.165) is 31.9 Å². The molecule has 2 amide bonds. The van der Waals surface area contributed by atoms with Crippen LogP contribution in [0.1, 0.15) is 6.42 Å². The minimum absolute atomic E-state index is 0.108. The van der Waals surface area contributed by atoms with Crippen LogP contribution >= 0.6 is 23.2 Å². The van der Waals surface area contributed by atoms with Gasteiger partial charge in [0.15, 0.2) is 0 Å². The summed E-state index contributed by atoms with van der Waals surface area (Å²) in [5.74, 6) is 0.352. The first-order valence-corrected chi connectivity index (χ1v) is 11.5. The highest BCUT2D eigenvalue weighted by Gasteiger charge is 2.39. The van der Waals surface area contributed by atoms with Gasteiger partial charge in [-0.15, -0.1) is 0 Å². The van der Waals surface area contributed by atoms with Crippen LogP contribution in [-0.4, -0.2) is 103 Å². The highest BCUT2D eigenvalue weighted by atomic mass is 35.5. The molecule has 1 unspecified atom stereocenters. The highest BCUT2D eigenvalue weighted by Crippen LogP contribution is 2.28. The van der Waals surface area contributed by atoms with Crippen LogP contribution in [0.3, 0.4) is 0 Å². The van der Waals surface area contributed by atoms with Crippen molar-refractivity contribution in [3.8, 4) is 0 Å². The Morgan fingerprint density at radius 3 is 2.48 bits per heavy atom. The SMILES string of the molecule is O=C([C@H]1CN(CC2CCOC2)CCN1C(=O)O)N1CCN(c2ccc(Cl)c(Cl)c2)CC1. The summed E-state index contributed by atoms with van der Waals surface area (Å²) in [6, 6.07) is 4.86. The average Bonchev–Trinajstić information content (AvgIpc) is 3.28. The van der Waals surface area contributed by atoms with E-state index in [2.05, 4.69) is 9.80 Å². The molecule has 1 N–H and O–H groups in total. The standard InChI is InChI=1S/C21H28Cl2N4O4/c22-17-2-1-16(11-18(17)23)25-5-7-26(8-6-25)20(28)19-13-24(4-9-27(19)21(29)30)12-15-3-10-31-14-15/h1-2,11,15,19H,3-10,12-14H2,(H,29,30)/t15?,19-/m1/s1. The Morgan fingerprint density at radius 2 is 1.84 bits per heavy atom. The number of carboxylic acid groups (broad SMARTS) is 1. The first kappa shape index (κ1) is 22.5. The number of piperazine rings is 2. The van der Waals surface area contributed by atoms with E-state index in [9.17, 15) is 14.7 Å². The van der Waals surface area contributed by atoms with E-state index >= 15 is 0 Å². The third kappa shape index (κ3) is 5.19. The highest BCUT2D eigenvalue weighted by molar-refractivity contribution is 6.42. The lowest BCUT2D eigenvalue weighted by Gasteiger charge is -2.43. The zero-order valence-corrected chi connectivity index (χ0v) is 18.9. The molecule has 3 heterocycles. The first-order chi connectivity index (χ1) is 14.9. The van der Waals surface area contributed by atoms with Gasteiger partial charge in [0.25, 0.3) is 0 Å². The van der Waals surface area contributed by atoms with Crippen LogP contribution in [0.4, 0.5) is 10.5 Å². The topological polar surface area (TPSA) is 76.6 Å². The predicted octanol–water partition coefficient (Wildman–Crippen LogP) is 2.34. The largest absolute Gasteiger partial charge is 0.465 e. The van der Waals surface area contributed by atoms with Gasteiger partial charge in [-0.05, 0) is 30.5 Å². The van der Waals surface area contributed by atoms with E-state index in [1.54, 1.807) is 11.0 Å². The number of ether oxygens (including phenoxy) is 1. The van der Waals surface area contributed by atoms with Gasteiger partial charge in [0.1, 0.15) is 6.04 Å². The van der Waals surface area contributed by atoms with E-state index in [0.29, 0.717) is 61.8 Å². The van der Waals surface area contributed by atoms with Crippen LogP contribution in [0.15, 0.2) is 18.2 Å². The average molecular weight is 471 g/mol. The molecule has 3 fully saturated rings. The smallest absolute Gasteiger partial charge is 0.408 e. The second kappa shape index (κ2) is 9.81. The Morgan fingerprint density at radius 1 is 1.06 bits per heavy atom. The number of carbonyl (C=O) groups excluding carboxylic acids is 1. The van der Waals surface area contributed by atoms with Gasteiger partial charge in [0.05, 0.1) is 16.7 Å². The third-order valence-corrected chi connectivity index (χ3v) is 7.13. The summed E-state index contributed by atoms with van der Waals surface area (Å²) in [5, 5.41) is 10.7. The maximum absolute atomic E-state index is 13.3. The van der Waals surface area contributed by atoms with Crippen molar-refractivity contribution in [2.75, 3.05) is 70.5 Å². The van der Waals surface area contributed by atoms with Crippen LogP contribution < -0.4 is 4.90 Å². The zero-order valence-electron chi connectivity index (χ0n) is 17.4. The summed E-state index contributed by atoms with van der Waals surface area (Å²) in [7, 11) is 0. The number of rotatable bonds is 4. The van der Waals surface area contributed by atoms with Gasteiger partial charge in [0.2, 0.25) is 5.91 Å². The summed E-state index contributed by atoms with van der Waals surface area (Å²) in [5.41, 5.74) is 0.969. The molecule has 1 aromatic rings. The number of hydrogen-bond donors (Lipinski definition) is 1. The van der Waals surface area contributed by atoms with Crippen LogP contribution in [0.5, 0.6) is 0 Å². The molecule has 2 atom stereocenters. The van der Waals surface area contributed by atoms with E-state index in [-0.39, 0.29) is 5.91 Å². The Balaban J connectivity index is 1.37. The number of benzene rings is 1. The van der Waals surface area contributed by atoms with Crippen molar-refractivity contribution >= 4 is 40.9 Å². The molecule has 0 bridgehead atoms. The Hall–Kier alpha value is -1.74. The molecule has 4 rings (SSSR count). The lowest BCUT2D eigenvalue weighted by molar-refractivity contribution is -0.139. The Labute approximate surface area is 192 Å². The van der Waals surface area contributed by atoms with E-state index in [1.165, 1.54) is 4.90 Å². The molecule has 0 spiro atoms. The zero-order chi connectivity index (χ0) is 22.0. The number of halogens is 2. The van der Waals surface area contributed by atoms with Crippen molar-refractivity contribution in [1.82, 2.24) is 14.7 Å². The number of amides is 2. The summed E-state index contributed by atoms with van der Waals surface area (Å²) in [6.45, 7) is 6.22. The molecule has 3 saturated heterocycles. The first-order valence-electron chi connectivity index (χ1n) is 10.7. The van der Waals surface area contributed by atoms with Crippen LogP contribution in [0.25, 0.3) is 0 Å². The molecular formula is C21H28Cl2N4O4. The van der Waals surface area contributed by atoms with Gasteiger partial charge in [-0.25, -0.2) is 4.79 Å². The number of carbonyl (C=O) groups is 2. The van der Waals surface area contributed by atoms with Crippen molar-refractivity contribution in [2.24, 2.45) is 5.92 Å². The quantitative estimate of drug-likeness (QED) is 0.727. The maximum Gasteiger partial charge on any atom is 0.408 e. The summed E-state index contributed by atoms with van der Waals surface area (Å²) in [6.07, 6.45) is -0.00863. The molecule has 0 saturated carbocycles. The van der Waals surface area contributed by atoms with Crippen molar-refractivity contribution in [3.63, 3.8) is 0 Å². The van der Waals surface area contributed by atoms with Crippen molar-refractivity contribution in [2.45, 2.75) is 12.5 Å². The van der Waals surface area contributed by atoms with Crippen molar-refractivity contribution in [3.05, 3.63) is 28.2 Å². The molecule has 3 aliphatic heterocycles. The normalized spacial score (nSPS) is 25.2. The molecule has 8 nitrogen and oxygen atoms in total. The molecule has 0 aromatic heterocycles. The molecule has 10 heteroatoms. The molecule has 170 valence electrons. The van der Waals surface area contributed by atoms with Gasteiger partial charge in [-0.2, -0.15) is 0 Å². The second-order valence-corrected chi connectivity index (χ2v) is 9.21. The lowest BCUT2D eigenvalue weighted by atomic mass is 10.1. The number of hydrogen-bond acceptors (Lipinski definition) is 5. The Bertz CT molecular complexity index is 813. The molecule has 0 radical (unpaired) electrons. The fourth-order valence-corrected chi connectivity index (χ4v) is 4.91. The van der Waals surface area contributed by atoms with Crippen LogP contribution in [0.2, 0.25) is 10.0 Å². The van der Waals surface area contributed by atoms with Gasteiger partial charge < -0.3 is 19.6 Å². The van der Waals surface area contributed by atoms with Crippen molar-refractivity contribution < 1.29 is 19.4 Å². The second-order valence-electron chi connectivity index (χ2n) is 8.39. The van der Waals surface area contributed by atoms with E-state index < -0.39 is 12.1 Å². The van der Waals surface area contributed by atoms with Gasteiger partial charge in [0, 0.05) is 64.7 Å². The van der Waals surface area contributed by atoms with Crippen LogP contribution in [0, 0.1) is 5.92 Å². The van der Waals surface area contributed by atoms with Crippen molar-refractivity contribution in [1.29, 1.82) is 0 Å². The third-order valence-electron chi connectivity index (χ3n) is 6.40. The minimum atomic E-state index is -1.03. The number of nitrogens with zero attached hydrogens (tertiary/aromatic N) is 4. The molecule has 31 heavy (non-hydrogen) atoms. The predicted molar refractivity (Wildman–Crippen MR) is 119 cm³/mol.